The number of ether oxygens (including phenoxy) is 2. The van der Waals surface area contributed by atoms with Crippen LogP contribution in [-0.2, 0) is 9.53 Å². The number of hydrogen-bond donors (Lipinski definition) is 1. The van der Waals surface area contributed by atoms with Crippen molar-refractivity contribution in [3.8, 4) is 17.0 Å². The first-order valence-electron chi connectivity index (χ1n) is 12.6. The van der Waals surface area contributed by atoms with E-state index in [0.29, 0.717) is 19.5 Å². The van der Waals surface area contributed by atoms with Gasteiger partial charge in [0.05, 0.1) is 23.4 Å². The van der Waals surface area contributed by atoms with Crippen molar-refractivity contribution >= 4 is 34.9 Å². The number of rotatable bonds is 4. The molecule has 2 aromatic rings. The second kappa shape index (κ2) is 9.95. The third kappa shape index (κ3) is 4.47. The first-order valence-corrected chi connectivity index (χ1v) is 13.0. The Morgan fingerprint density at radius 3 is 2.64 bits per heavy atom. The van der Waals surface area contributed by atoms with Crippen LogP contribution in [0.1, 0.15) is 30.6 Å². The van der Waals surface area contributed by atoms with Gasteiger partial charge in [-0.2, -0.15) is 0 Å². The number of anilines is 2. The molecule has 12 heteroatoms. The van der Waals surface area contributed by atoms with Gasteiger partial charge in [0.25, 0.3) is 5.91 Å². The normalized spacial score (nSPS) is 22.2. The number of hydrogen-bond acceptors (Lipinski definition) is 7. The van der Waals surface area contributed by atoms with Crippen molar-refractivity contribution in [3.05, 3.63) is 47.0 Å². The number of nitrogens with zero attached hydrogens (tertiary/aromatic N) is 4. The van der Waals surface area contributed by atoms with Crippen LogP contribution in [-0.4, -0.2) is 84.2 Å². The molecule has 0 saturated carbocycles. The van der Waals surface area contributed by atoms with E-state index in [0.717, 1.165) is 12.1 Å². The maximum Gasteiger partial charge on any atom is 0.261 e. The molecule has 0 radical (unpaired) electrons. The number of halogens is 3. The third-order valence-corrected chi connectivity index (χ3v) is 8.10. The Hall–Kier alpha value is -3.44. The SMILES string of the molecule is C=CC(=O)N1CCN2C(=O)c3c(N4CC(OC)CC4(C)C)nc(-c4c(F)ccc(F)c4N)c(Cl)c3OCC2C1. The molecule has 0 aliphatic carbocycles. The predicted octanol–water partition coefficient (Wildman–Crippen LogP) is 3.50. The Kier molecular flexibility index (Phi) is 6.92. The topological polar surface area (TPSA) is 101 Å². The molecule has 3 aliphatic rings. The molecule has 2 unspecified atom stereocenters. The zero-order valence-electron chi connectivity index (χ0n) is 22.0. The molecule has 3 aliphatic heterocycles. The predicted molar refractivity (Wildman–Crippen MR) is 143 cm³/mol. The van der Waals surface area contributed by atoms with Crippen molar-refractivity contribution in [1.29, 1.82) is 0 Å². The lowest BCUT2D eigenvalue weighted by molar-refractivity contribution is -0.128. The van der Waals surface area contributed by atoms with Crippen LogP contribution in [0.3, 0.4) is 0 Å². The number of benzene rings is 1. The molecular formula is C27H30ClF2N5O4. The monoisotopic (exact) mass is 561 g/mol. The number of fused-ring (bicyclic) bond motifs is 2. The summed E-state index contributed by atoms with van der Waals surface area (Å²) in [7, 11) is 1.61. The summed E-state index contributed by atoms with van der Waals surface area (Å²) in [5.74, 6) is -2.04. The molecule has 2 fully saturated rings. The van der Waals surface area contributed by atoms with E-state index < -0.39 is 28.9 Å². The average Bonchev–Trinajstić information content (AvgIpc) is 3.15. The number of pyridine rings is 1. The van der Waals surface area contributed by atoms with Crippen molar-refractivity contribution in [2.75, 3.05) is 50.5 Å². The summed E-state index contributed by atoms with van der Waals surface area (Å²) in [6.45, 7) is 8.75. The number of methoxy groups -OCH3 is 1. The van der Waals surface area contributed by atoms with E-state index in [1.165, 1.54) is 6.08 Å². The molecule has 2 atom stereocenters. The first kappa shape index (κ1) is 27.1. The zero-order chi connectivity index (χ0) is 28.2. The number of aromatic nitrogens is 1. The minimum Gasteiger partial charge on any atom is -0.489 e. The molecular weight excluding hydrogens is 532 g/mol. The second-order valence-corrected chi connectivity index (χ2v) is 10.9. The molecule has 9 nitrogen and oxygen atoms in total. The molecule has 2 saturated heterocycles. The molecule has 0 bridgehead atoms. The van der Waals surface area contributed by atoms with Crippen molar-refractivity contribution < 1.29 is 27.8 Å². The van der Waals surface area contributed by atoms with Gasteiger partial charge in [-0.05, 0) is 38.5 Å². The number of carbonyl (C=O) groups is 2. The second-order valence-electron chi connectivity index (χ2n) is 10.6. The van der Waals surface area contributed by atoms with Crippen LogP contribution in [0.2, 0.25) is 5.02 Å². The standard InChI is InChI=1S/C27H30ClF2N5O4/c1-5-18(36)33-8-9-34-14(11-33)13-39-24-20(26(34)37)25(35-12-15(38-4)10-27(35,2)3)32-23(21(24)28)19-16(29)6-7-17(30)22(19)31/h5-7,14-15H,1,8-13,31H2,2-4H3. The highest BCUT2D eigenvalue weighted by atomic mass is 35.5. The third-order valence-electron chi connectivity index (χ3n) is 7.75. The lowest BCUT2D eigenvalue weighted by atomic mass is 9.99. The molecule has 2 amide bonds. The highest BCUT2D eigenvalue weighted by molar-refractivity contribution is 6.35. The minimum absolute atomic E-state index is 0.0115. The highest BCUT2D eigenvalue weighted by Gasteiger charge is 2.45. The summed E-state index contributed by atoms with van der Waals surface area (Å²) < 4.78 is 41.4. The van der Waals surface area contributed by atoms with Crippen LogP contribution in [0.4, 0.5) is 20.3 Å². The number of nitrogens with two attached hydrogens (primary N) is 1. The van der Waals surface area contributed by atoms with Crippen molar-refractivity contribution in [3.63, 3.8) is 0 Å². The lowest BCUT2D eigenvalue weighted by Gasteiger charge is -2.40. The van der Waals surface area contributed by atoms with E-state index in [9.17, 15) is 14.0 Å². The van der Waals surface area contributed by atoms with Gasteiger partial charge in [-0.1, -0.05) is 18.2 Å². The van der Waals surface area contributed by atoms with Gasteiger partial charge < -0.3 is 29.9 Å². The zero-order valence-corrected chi connectivity index (χ0v) is 22.7. The van der Waals surface area contributed by atoms with Gasteiger partial charge in [-0.3, -0.25) is 9.59 Å². The summed E-state index contributed by atoms with van der Waals surface area (Å²) in [4.78, 5) is 36.3. The molecule has 1 aromatic heterocycles. The Morgan fingerprint density at radius 1 is 1.26 bits per heavy atom. The summed E-state index contributed by atoms with van der Waals surface area (Å²) in [6.07, 6.45) is 1.71. The van der Waals surface area contributed by atoms with E-state index in [-0.39, 0.29) is 71.0 Å². The molecule has 5 rings (SSSR count). The smallest absolute Gasteiger partial charge is 0.261 e. The van der Waals surface area contributed by atoms with Crippen LogP contribution in [0, 0.1) is 11.6 Å². The van der Waals surface area contributed by atoms with Crippen molar-refractivity contribution in [1.82, 2.24) is 14.8 Å². The summed E-state index contributed by atoms with van der Waals surface area (Å²) in [5, 5.41) is -0.155. The number of piperazine rings is 1. The fourth-order valence-electron chi connectivity index (χ4n) is 5.66. The van der Waals surface area contributed by atoms with E-state index in [4.69, 9.17) is 31.8 Å². The van der Waals surface area contributed by atoms with Gasteiger partial charge in [-0.25, -0.2) is 13.8 Å². The Bertz CT molecular complexity index is 1370. The maximum atomic E-state index is 15.1. The van der Waals surface area contributed by atoms with Crippen LogP contribution < -0.4 is 15.4 Å². The van der Waals surface area contributed by atoms with Crippen LogP contribution in [0.25, 0.3) is 11.3 Å². The van der Waals surface area contributed by atoms with E-state index in [2.05, 4.69) is 6.58 Å². The molecule has 0 spiro atoms. The number of carbonyl (C=O) groups excluding carboxylic acids is 2. The van der Waals surface area contributed by atoms with E-state index in [1.807, 2.05) is 18.7 Å². The Balaban J connectivity index is 1.71. The van der Waals surface area contributed by atoms with Gasteiger partial charge in [-0.15, -0.1) is 0 Å². The minimum atomic E-state index is -0.831. The lowest BCUT2D eigenvalue weighted by Crippen LogP contribution is -2.57. The Labute approximate surface area is 230 Å². The Morgan fingerprint density at radius 2 is 1.97 bits per heavy atom. The summed E-state index contributed by atoms with van der Waals surface area (Å²) in [6, 6.07) is 1.40. The van der Waals surface area contributed by atoms with Gasteiger partial charge in [0.15, 0.2) is 5.75 Å². The van der Waals surface area contributed by atoms with E-state index in [1.54, 1.807) is 16.9 Å². The highest BCUT2D eigenvalue weighted by Crippen LogP contribution is 2.48. The molecule has 2 N–H and O–H groups in total. The van der Waals surface area contributed by atoms with Gasteiger partial charge in [0.1, 0.15) is 40.3 Å². The van der Waals surface area contributed by atoms with Gasteiger partial charge in [0, 0.05) is 38.8 Å². The van der Waals surface area contributed by atoms with Crippen molar-refractivity contribution in [2.45, 2.75) is 38.0 Å². The maximum absolute atomic E-state index is 15.1. The fraction of sp³-hybridized carbons (Fsp3) is 0.444. The molecule has 1 aromatic carbocycles. The largest absolute Gasteiger partial charge is 0.489 e. The molecule has 4 heterocycles. The fourth-order valence-corrected chi connectivity index (χ4v) is 5.94. The van der Waals surface area contributed by atoms with Crippen LogP contribution in [0.15, 0.2) is 24.8 Å². The van der Waals surface area contributed by atoms with Crippen molar-refractivity contribution in [2.24, 2.45) is 0 Å². The van der Waals surface area contributed by atoms with E-state index >= 15 is 4.39 Å². The van der Waals surface area contributed by atoms with Gasteiger partial charge >= 0.3 is 0 Å². The average molecular weight is 562 g/mol. The number of nitrogen functional groups attached to an aromatic ring is 1. The van der Waals surface area contributed by atoms with Gasteiger partial charge in [0.2, 0.25) is 5.91 Å². The van der Waals surface area contributed by atoms with Crippen LogP contribution in [0.5, 0.6) is 5.75 Å². The molecule has 39 heavy (non-hydrogen) atoms. The first-order chi connectivity index (χ1) is 18.5. The summed E-state index contributed by atoms with van der Waals surface area (Å²) >= 11 is 6.78. The molecule has 208 valence electrons. The summed E-state index contributed by atoms with van der Waals surface area (Å²) in [5.41, 5.74) is 4.67. The quantitative estimate of drug-likeness (QED) is 0.450. The number of amides is 2. The van der Waals surface area contributed by atoms with Crippen LogP contribution >= 0.6 is 11.6 Å².